The second-order valence-corrected chi connectivity index (χ2v) is 5.95. The molecule has 0 bridgehead atoms. The van der Waals surface area contributed by atoms with E-state index < -0.39 is 0 Å². The van der Waals surface area contributed by atoms with Gasteiger partial charge in [0, 0.05) is 14.1 Å². The minimum Gasteiger partial charge on any atom is -0.353 e. The molecule has 0 aliphatic carbocycles. The molecule has 0 saturated heterocycles. The number of aliphatic imine (C=N–C) groups is 1. The maximum Gasteiger partial charge on any atom is 0.244 e. The normalized spacial score (nSPS) is 19.7. The highest BCUT2D eigenvalue weighted by Gasteiger charge is 2.24. The smallest absolute Gasteiger partial charge is 0.244 e. The summed E-state index contributed by atoms with van der Waals surface area (Å²) in [7, 11) is 3.52. The lowest BCUT2D eigenvalue weighted by molar-refractivity contribution is -0.130. The molecule has 1 heterocycles. The highest BCUT2D eigenvalue weighted by Crippen LogP contribution is 2.34. The van der Waals surface area contributed by atoms with Gasteiger partial charge in [0.15, 0.2) is 5.17 Å². The number of amides is 1. The third-order valence-electron chi connectivity index (χ3n) is 2.98. The van der Waals surface area contributed by atoms with Crippen LogP contribution in [0.1, 0.15) is 17.7 Å². The minimum atomic E-state index is -0.240. The van der Waals surface area contributed by atoms with Crippen LogP contribution in [0.25, 0.3) is 0 Å². The molecule has 2 unspecified atom stereocenters. The van der Waals surface area contributed by atoms with E-state index >= 15 is 0 Å². The van der Waals surface area contributed by atoms with Crippen molar-refractivity contribution in [2.45, 2.75) is 18.2 Å². The number of amidine groups is 1. The van der Waals surface area contributed by atoms with Gasteiger partial charge < -0.3 is 10.2 Å². The van der Waals surface area contributed by atoms with Gasteiger partial charge in [-0.15, -0.1) is 0 Å². The second-order valence-electron chi connectivity index (χ2n) is 4.76. The number of carbonyl (C=O) groups excluding carboxylic acids is 1. The van der Waals surface area contributed by atoms with Gasteiger partial charge in [-0.05, 0) is 12.5 Å². The van der Waals surface area contributed by atoms with E-state index in [9.17, 15) is 4.79 Å². The standard InChI is InChI=1S/C14H19N3OS/c1-10(13(18)17(2)3)16-14-15-9-12(19-14)11-7-5-4-6-8-11/h4-8,10,12H,9H2,1-3H3,(H,15,16). The Bertz CT molecular complexity index is 473. The zero-order valence-electron chi connectivity index (χ0n) is 11.5. The summed E-state index contributed by atoms with van der Waals surface area (Å²) in [5.41, 5.74) is 1.28. The number of rotatable bonds is 3. The van der Waals surface area contributed by atoms with Crippen LogP contribution in [0.15, 0.2) is 35.3 Å². The van der Waals surface area contributed by atoms with Crippen molar-refractivity contribution in [1.82, 2.24) is 10.2 Å². The number of hydrogen-bond donors (Lipinski definition) is 1. The monoisotopic (exact) mass is 277 g/mol. The van der Waals surface area contributed by atoms with Crippen molar-refractivity contribution in [3.05, 3.63) is 35.9 Å². The number of likely N-dealkylation sites (N-methyl/N-ethyl adjacent to an activating group) is 1. The molecule has 0 saturated carbocycles. The molecule has 1 aliphatic heterocycles. The maximum atomic E-state index is 11.8. The number of thioether (sulfide) groups is 1. The van der Waals surface area contributed by atoms with E-state index in [4.69, 9.17) is 0 Å². The van der Waals surface area contributed by atoms with Crippen LogP contribution < -0.4 is 5.32 Å². The van der Waals surface area contributed by atoms with Crippen molar-refractivity contribution in [1.29, 1.82) is 0 Å². The van der Waals surface area contributed by atoms with Gasteiger partial charge in [0.1, 0.15) is 6.04 Å². The summed E-state index contributed by atoms with van der Waals surface area (Å²) in [6.45, 7) is 2.63. The lowest BCUT2D eigenvalue weighted by atomic mass is 10.1. The molecule has 102 valence electrons. The number of nitrogens with one attached hydrogen (secondary N) is 1. The molecular formula is C14H19N3OS. The van der Waals surface area contributed by atoms with E-state index in [0.29, 0.717) is 5.25 Å². The van der Waals surface area contributed by atoms with E-state index in [1.54, 1.807) is 30.8 Å². The predicted molar refractivity (Wildman–Crippen MR) is 80.4 cm³/mol. The fourth-order valence-electron chi connectivity index (χ4n) is 1.93. The average Bonchev–Trinajstić information content (AvgIpc) is 2.87. The fourth-order valence-corrected chi connectivity index (χ4v) is 3.04. The fraction of sp³-hybridized carbons (Fsp3) is 0.429. The molecule has 1 aromatic rings. The van der Waals surface area contributed by atoms with Gasteiger partial charge in [-0.3, -0.25) is 9.79 Å². The SMILES string of the molecule is CC(NC1=NCC(c2ccccc2)S1)C(=O)N(C)C. The Kier molecular flexibility index (Phi) is 4.47. The highest BCUT2D eigenvalue weighted by molar-refractivity contribution is 8.14. The number of carbonyl (C=O) groups is 1. The largest absolute Gasteiger partial charge is 0.353 e. The zero-order valence-corrected chi connectivity index (χ0v) is 12.3. The quantitative estimate of drug-likeness (QED) is 0.917. The lowest BCUT2D eigenvalue weighted by Gasteiger charge is -2.18. The summed E-state index contributed by atoms with van der Waals surface area (Å²) in [6, 6.07) is 10.1. The zero-order chi connectivity index (χ0) is 13.8. The molecular weight excluding hydrogens is 258 g/mol. The summed E-state index contributed by atoms with van der Waals surface area (Å²) in [5, 5.41) is 4.39. The van der Waals surface area contributed by atoms with Gasteiger partial charge in [-0.25, -0.2) is 0 Å². The Labute approximate surface area is 118 Å². The molecule has 1 N–H and O–H groups in total. The Morgan fingerprint density at radius 2 is 2.11 bits per heavy atom. The van der Waals surface area contributed by atoms with E-state index in [1.165, 1.54) is 5.56 Å². The number of hydrogen-bond acceptors (Lipinski definition) is 4. The van der Waals surface area contributed by atoms with E-state index in [0.717, 1.165) is 11.7 Å². The molecule has 0 spiro atoms. The van der Waals surface area contributed by atoms with Crippen LogP contribution in [0.2, 0.25) is 0 Å². The highest BCUT2D eigenvalue weighted by atomic mass is 32.2. The summed E-state index contributed by atoms with van der Waals surface area (Å²) in [6.07, 6.45) is 0. The van der Waals surface area contributed by atoms with Crippen molar-refractivity contribution in [3.63, 3.8) is 0 Å². The molecule has 0 radical (unpaired) electrons. The molecule has 0 aromatic heterocycles. The summed E-state index contributed by atoms with van der Waals surface area (Å²) in [5.74, 6) is 0.0615. The predicted octanol–water partition coefficient (Wildman–Crippen LogP) is 1.90. The third-order valence-corrected chi connectivity index (χ3v) is 4.15. The Morgan fingerprint density at radius 1 is 1.42 bits per heavy atom. The summed E-state index contributed by atoms with van der Waals surface area (Å²) < 4.78 is 0. The lowest BCUT2D eigenvalue weighted by Crippen LogP contribution is -2.43. The van der Waals surface area contributed by atoms with E-state index in [1.807, 2.05) is 25.1 Å². The van der Waals surface area contributed by atoms with Crippen molar-refractivity contribution >= 4 is 22.8 Å². The maximum absolute atomic E-state index is 11.8. The number of benzene rings is 1. The van der Waals surface area contributed by atoms with Gasteiger partial charge in [0.05, 0.1) is 11.8 Å². The van der Waals surface area contributed by atoms with Gasteiger partial charge in [-0.2, -0.15) is 0 Å². The van der Waals surface area contributed by atoms with Crippen LogP contribution in [0.5, 0.6) is 0 Å². The second kappa shape index (κ2) is 6.10. The first kappa shape index (κ1) is 13.9. The molecule has 0 fully saturated rings. The molecule has 1 amide bonds. The van der Waals surface area contributed by atoms with Crippen molar-refractivity contribution in [3.8, 4) is 0 Å². The van der Waals surface area contributed by atoms with Crippen molar-refractivity contribution in [2.24, 2.45) is 4.99 Å². The summed E-state index contributed by atoms with van der Waals surface area (Å²) in [4.78, 5) is 17.8. The van der Waals surface area contributed by atoms with Crippen molar-refractivity contribution in [2.75, 3.05) is 20.6 Å². The van der Waals surface area contributed by atoms with Crippen LogP contribution >= 0.6 is 11.8 Å². The molecule has 2 atom stereocenters. The van der Waals surface area contributed by atoms with E-state index in [-0.39, 0.29) is 11.9 Å². The van der Waals surface area contributed by atoms with Crippen LogP contribution in [0, 0.1) is 0 Å². The minimum absolute atomic E-state index is 0.0615. The van der Waals surface area contributed by atoms with Crippen LogP contribution in [-0.2, 0) is 4.79 Å². The Balaban J connectivity index is 1.90. The van der Waals surface area contributed by atoms with Crippen LogP contribution in [-0.4, -0.2) is 42.7 Å². The van der Waals surface area contributed by atoms with E-state index in [2.05, 4.69) is 22.4 Å². The first-order valence-corrected chi connectivity index (χ1v) is 7.19. The first-order chi connectivity index (χ1) is 9.08. The molecule has 5 heteroatoms. The molecule has 4 nitrogen and oxygen atoms in total. The van der Waals surface area contributed by atoms with Gasteiger partial charge in [0.25, 0.3) is 0 Å². The Hall–Kier alpha value is -1.49. The number of nitrogens with zero attached hydrogens (tertiary/aromatic N) is 2. The molecule has 2 rings (SSSR count). The molecule has 19 heavy (non-hydrogen) atoms. The van der Waals surface area contributed by atoms with Crippen LogP contribution in [0.3, 0.4) is 0 Å². The average molecular weight is 277 g/mol. The van der Waals surface area contributed by atoms with Gasteiger partial charge >= 0.3 is 0 Å². The summed E-state index contributed by atoms with van der Waals surface area (Å²) >= 11 is 1.69. The first-order valence-electron chi connectivity index (χ1n) is 6.31. The third kappa shape index (κ3) is 3.50. The molecule has 1 aromatic carbocycles. The molecule has 1 aliphatic rings. The topological polar surface area (TPSA) is 44.7 Å². The van der Waals surface area contributed by atoms with Crippen LogP contribution in [0.4, 0.5) is 0 Å². The van der Waals surface area contributed by atoms with Crippen molar-refractivity contribution < 1.29 is 4.79 Å². The Morgan fingerprint density at radius 3 is 2.74 bits per heavy atom. The van der Waals surface area contributed by atoms with Gasteiger partial charge in [0.2, 0.25) is 5.91 Å². The van der Waals surface area contributed by atoms with Gasteiger partial charge in [-0.1, -0.05) is 42.1 Å².